The van der Waals surface area contributed by atoms with Crippen molar-refractivity contribution in [1.29, 1.82) is 0 Å². The van der Waals surface area contributed by atoms with E-state index in [1.54, 1.807) is 0 Å². The van der Waals surface area contributed by atoms with E-state index < -0.39 is 0 Å². The van der Waals surface area contributed by atoms with E-state index in [0.717, 1.165) is 6.54 Å². The Hall–Kier alpha value is -1.64. The highest BCUT2D eigenvalue weighted by Gasteiger charge is 2.19. The second-order valence-electron chi connectivity index (χ2n) is 6.02. The highest BCUT2D eigenvalue weighted by Crippen LogP contribution is 2.20. The number of nitrogens with zero attached hydrogens (tertiary/aromatic N) is 1. The molecule has 2 N–H and O–H groups in total. The summed E-state index contributed by atoms with van der Waals surface area (Å²) in [5.41, 5.74) is 11.6. The Morgan fingerprint density at radius 3 is 2.24 bits per heavy atom. The molecule has 0 saturated heterocycles. The lowest BCUT2D eigenvalue weighted by Gasteiger charge is -2.30. The molecular formula is C19H26N2. The fourth-order valence-electron chi connectivity index (χ4n) is 2.54. The van der Waals surface area contributed by atoms with Crippen molar-refractivity contribution < 1.29 is 0 Å². The minimum Gasteiger partial charge on any atom is -0.323 e. The smallest absolute Gasteiger partial charge is 0.0450 e. The van der Waals surface area contributed by atoms with Gasteiger partial charge in [0.05, 0.1) is 0 Å². The summed E-state index contributed by atoms with van der Waals surface area (Å²) in [5.74, 6) is 0. The van der Waals surface area contributed by atoms with Gasteiger partial charge in [-0.3, -0.25) is 4.90 Å². The number of benzene rings is 2. The number of likely N-dealkylation sites (N-methyl/N-ethyl adjacent to an activating group) is 1. The van der Waals surface area contributed by atoms with Crippen molar-refractivity contribution in [2.24, 2.45) is 5.73 Å². The Balaban J connectivity index is 2.06. The zero-order valence-corrected chi connectivity index (χ0v) is 13.5. The van der Waals surface area contributed by atoms with Gasteiger partial charge in [-0.15, -0.1) is 0 Å². The predicted octanol–water partition coefficient (Wildman–Crippen LogP) is 3.82. The average molecular weight is 282 g/mol. The molecule has 2 aromatic carbocycles. The first-order valence-electron chi connectivity index (χ1n) is 7.56. The maximum absolute atomic E-state index is 6.44. The summed E-state index contributed by atoms with van der Waals surface area (Å²) >= 11 is 0. The first kappa shape index (κ1) is 15.7. The molecule has 0 radical (unpaired) electrons. The van der Waals surface area contributed by atoms with Crippen molar-refractivity contribution in [2.45, 2.75) is 39.4 Å². The molecule has 0 saturated carbocycles. The Kier molecular flexibility index (Phi) is 5.16. The molecule has 2 heteroatoms. The van der Waals surface area contributed by atoms with Gasteiger partial charge < -0.3 is 5.73 Å². The molecule has 0 bridgehead atoms. The summed E-state index contributed by atoms with van der Waals surface area (Å²) in [6.07, 6.45) is 0. The first-order chi connectivity index (χ1) is 9.99. The van der Waals surface area contributed by atoms with Crippen LogP contribution in [0, 0.1) is 13.8 Å². The van der Waals surface area contributed by atoms with Gasteiger partial charge in [0.1, 0.15) is 0 Å². The molecule has 0 aromatic heterocycles. The summed E-state index contributed by atoms with van der Waals surface area (Å²) in [6.45, 7) is 7.38. The molecule has 0 aliphatic heterocycles. The third kappa shape index (κ3) is 3.93. The lowest BCUT2D eigenvalue weighted by atomic mass is 9.98. The lowest BCUT2D eigenvalue weighted by molar-refractivity contribution is 0.219. The maximum atomic E-state index is 6.44. The Bertz CT molecular complexity index is 574. The second-order valence-corrected chi connectivity index (χ2v) is 6.02. The van der Waals surface area contributed by atoms with Gasteiger partial charge in [-0.05, 0) is 44.5 Å². The molecular weight excluding hydrogens is 256 g/mol. The Morgan fingerprint density at radius 2 is 1.62 bits per heavy atom. The van der Waals surface area contributed by atoms with E-state index in [9.17, 15) is 0 Å². The molecule has 2 rings (SSSR count). The number of hydrogen-bond donors (Lipinski definition) is 1. The number of hydrogen-bond acceptors (Lipinski definition) is 2. The van der Waals surface area contributed by atoms with Crippen LogP contribution in [0.4, 0.5) is 0 Å². The van der Waals surface area contributed by atoms with E-state index in [2.05, 4.69) is 81.2 Å². The zero-order chi connectivity index (χ0) is 15.4. The molecule has 2 unspecified atom stereocenters. The normalized spacial score (nSPS) is 14.2. The van der Waals surface area contributed by atoms with Crippen LogP contribution in [0.1, 0.15) is 35.2 Å². The highest BCUT2D eigenvalue weighted by molar-refractivity contribution is 5.27. The molecule has 2 aromatic rings. The molecule has 2 atom stereocenters. The van der Waals surface area contributed by atoms with Gasteiger partial charge in [-0.1, -0.05) is 54.1 Å². The van der Waals surface area contributed by atoms with Crippen LogP contribution in [0.3, 0.4) is 0 Å². The van der Waals surface area contributed by atoms with E-state index >= 15 is 0 Å². The fourth-order valence-corrected chi connectivity index (χ4v) is 2.54. The molecule has 0 aliphatic rings. The predicted molar refractivity (Wildman–Crippen MR) is 90.2 cm³/mol. The average Bonchev–Trinajstić information content (AvgIpc) is 2.49. The SMILES string of the molecule is Cc1ccc(C(N)C(C)N(C)Cc2ccccc2C)cc1. The Morgan fingerprint density at radius 1 is 1.00 bits per heavy atom. The first-order valence-corrected chi connectivity index (χ1v) is 7.56. The monoisotopic (exact) mass is 282 g/mol. The molecule has 0 spiro atoms. The van der Waals surface area contributed by atoms with E-state index in [4.69, 9.17) is 5.73 Å². The van der Waals surface area contributed by atoms with Crippen LogP contribution < -0.4 is 5.73 Å². The van der Waals surface area contributed by atoms with Crippen molar-refractivity contribution in [3.8, 4) is 0 Å². The van der Waals surface area contributed by atoms with Crippen molar-refractivity contribution in [1.82, 2.24) is 4.90 Å². The molecule has 0 aliphatic carbocycles. The minimum atomic E-state index is 0.0274. The van der Waals surface area contributed by atoms with Crippen LogP contribution in [0.15, 0.2) is 48.5 Å². The standard InChI is InChI=1S/C19H26N2/c1-14-9-11-17(12-10-14)19(20)16(3)21(4)13-18-8-6-5-7-15(18)2/h5-12,16,19H,13,20H2,1-4H3. The highest BCUT2D eigenvalue weighted by atomic mass is 15.1. The van der Waals surface area contributed by atoms with Crippen molar-refractivity contribution in [3.05, 3.63) is 70.8 Å². The van der Waals surface area contributed by atoms with Crippen molar-refractivity contribution in [2.75, 3.05) is 7.05 Å². The van der Waals surface area contributed by atoms with Crippen molar-refractivity contribution >= 4 is 0 Å². The van der Waals surface area contributed by atoms with Gasteiger partial charge >= 0.3 is 0 Å². The molecule has 0 heterocycles. The summed E-state index contributed by atoms with van der Waals surface area (Å²) in [5, 5.41) is 0. The summed E-state index contributed by atoms with van der Waals surface area (Å²) in [7, 11) is 2.14. The van der Waals surface area contributed by atoms with E-state index in [0.29, 0.717) is 0 Å². The quantitative estimate of drug-likeness (QED) is 0.903. The topological polar surface area (TPSA) is 29.3 Å². The van der Waals surface area contributed by atoms with Crippen LogP contribution in [-0.2, 0) is 6.54 Å². The van der Waals surface area contributed by atoms with E-state index in [-0.39, 0.29) is 12.1 Å². The molecule has 112 valence electrons. The number of rotatable bonds is 5. The zero-order valence-electron chi connectivity index (χ0n) is 13.5. The molecule has 0 fully saturated rings. The largest absolute Gasteiger partial charge is 0.323 e. The minimum absolute atomic E-state index is 0.0274. The van der Waals surface area contributed by atoms with Crippen LogP contribution >= 0.6 is 0 Å². The van der Waals surface area contributed by atoms with Crippen LogP contribution in [-0.4, -0.2) is 18.0 Å². The lowest BCUT2D eigenvalue weighted by Crippen LogP contribution is -2.38. The number of nitrogens with two attached hydrogens (primary N) is 1. The second kappa shape index (κ2) is 6.88. The van der Waals surface area contributed by atoms with Gasteiger partial charge in [-0.2, -0.15) is 0 Å². The Labute approximate surface area is 128 Å². The third-order valence-electron chi connectivity index (χ3n) is 4.36. The van der Waals surface area contributed by atoms with Gasteiger partial charge in [0.15, 0.2) is 0 Å². The van der Waals surface area contributed by atoms with Gasteiger partial charge in [-0.25, -0.2) is 0 Å². The van der Waals surface area contributed by atoms with Gasteiger partial charge in [0.25, 0.3) is 0 Å². The fraction of sp³-hybridized carbons (Fsp3) is 0.368. The van der Waals surface area contributed by atoms with Crippen LogP contribution in [0.25, 0.3) is 0 Å². The van der Waals surface area contributed by atoms with Gasteiger partial charge in [0, 0.05) is 18.6 Å². The van der Waals surface area contributed by atoms with E-state index in [1.807, 2.05) is 0 Å². The summed E-state index contributed by atoms with van der Waals surface area (Å²) in [6, 6.07) is 17.4. The van der Waals surface area contributed by atoms with Crippen LogP contribution in [0.5, 0.6) is 0 Å². The van der Waals surface area contributed by atoms with Crippen molar-refractivity contribution in [3.63, 3.8) is 0 Å². The van der Waals surface area contributed by atoms with E-state index in [1.165, 1.54) is 22.3 Å². The summed E-state index contributed by atoms with van der Waals surface area (Å²) in [4.78, 5) is 2.33. The molecule has 0 amide bonds. The third-order valence-corrected chi connectivity index (χ3v) is 4.36. The van der Waals surface area contributed by atoms with Gasteiger partial charge in [0.2, 0.25) is 0 Å². The maximum Gasteiger partial charge on any atom is 0.0450 e. The van der Waals surface area contributed by atoms with Crippen LogP contribution in [0.2, 0.25) is 0 Å². The molecule has 2 nitrogen and oxygen atoms in total. The summed E-state index contributed by atoms with van der Waals surface area (Å²) < 4.78 is 0. The number of aryl methyl sites for hydroxylation is 2. The molecule has 21 heavy (non-hydrogen) atoms.